The first-order valence-corrected chi connectivity index (χ1v) is 9.59. The van der Waals surface area contributed by atoms with Gasteiger partial charge in [0.2, 0.25) is 11.8 Å². The molecule has 1 heterocycles. The maximum atomic E-state index is 13.0. The average Bonchev–Trinajstić information content (AvgIpc) is 2.93. The molecule has 1 N–H and O–H groups in total. The second-order valence-electron chi connectivity index (χ2n) is 5.82. The molecule has 5 nitrogen and oxygen atoms in total. The van der Waals surface area contributed by atoms with Gasteiger partial charge in [0.05, 0.1) is 5.69 Å². The summed E-state index contributed by atoms with van der Waals surface area (Å²) in [5, 5.41) is 3.30. The van der Waals surface area contributed by atoms with E-state index in [0.717, 1.165) is 0 Å². The highest BCUT2D eigenvalue weighted by Gasteiger charge is 2.38. The minimum Gasteiger partial charge on any atom is -0.326 e. The van der Waals surface area contributed by atoms with Crippen LogP contribution in [-0.2, 0) is 9.59 Å². The van der Waals surface area contributed by atoms with Crippen molar-refractivity contribution in [1.29, 1.82) is 0 Å². The summed E-state index contributed by atoms with van der Waals surface area (Å²) in [5.41, 5.74) is 1.17. The number of rotatable bonds is 5. The molecule has 1 atom stereocenters. The third kappa shape index (κ3) is 4.87. The van der Waals surface area contributed by atoms with Gasteiger partial charge in [-0.2, -0.15) is 0 Å². The van der Waals surface area contributed by atoms with Gasteiger partial charge in [-0.15, -0.1) is 0 Å². The summed E-state index contributed by atoms with van der Waals surface area (Å²) in [4.78, 5) is 30.8. The molecule has 1 fully saturated rings. The second-order valence-corrected chi connectivity index (χ2v) is 7.43. The van der Waals surface area contributed by atoms with Crippen molar-refractivity contribution in [3.63, 3.8) is 0 Å². The number of aliphatic imine (C=N–C) groups is 1. The maximum Gasteiger partial charge on any atom is 0.242 e. The van der Waals surface area contributed by atoms with E-state index in [-0.39, 0.29) is 24.1 Å². The molecule has 140 valence electrons. The predicted octanol–water partition coefficient (Wildman–Crippen LogP) is 4.46. The zero-order valence-electron chi connectivity index (χ0n) is 14.5. The predicted molar refractivity (Wildman–Crippen MR) is 107 cm³/mol. The summed E-state index contributed by atoms with van der Waals surface area (Å²) in [7, 11) is 0. The summed E-state index contributed by atoms with van der Waals surface area (Å²) in [6, 6.07) is 12.5. The largest absolute Gasteiger partial charge is 0.326 e. The summed E-state index contributed by atoms with van der Waals surface area (Å²) in [6.07, 6.45) is 0.0328. The Labute approximate surface area is 165 Å². The zero-order valence-corrected chi connectivity index (χ0v) is 16.1. The van der Waals surface area contributed by atoms with E-state index in [1.165, 1.54) is 28.8 Å². The number of nitrogens with zero attached hydrogens (tertiary/aromatic N) is 2. The Balaban J connectivity index is 1.69. The normalized spacial score (nSPS) is 18.2. The number of amidine groups is 1. The molecule has 3 rings (SSSR count). The summed E-state index contributed by atoms with van der Waals surface area (Å²) in [6.45, 7) is 2.29. The first kappa shape index (κ1) is 19.4. The smallest absolute Gasteiger partial charge is 0.242 e. The number of hydrogen-bond acceptors (Lipinski definition) is 4. The van der Waals surface area contributed by atoms with Gasteiger partial charge in [-0.3, -0.25) is 14.5 Å². The second kappa shape index (κ2) is 8.54. The third-order valence-corrected chi connectivity index (χ3v) is 5.31. The third-order valence-electron chi connectivity index (χ3n) is 3.89. The van der Waals surface area contributed by atoms with Crippen LogP contribution in [0.1, 0.15) is 13.3 Å². The van der Waals surface area contributed by atoms with Crippen LogP contribution in [0.25, 0.3) is 0 Å². The van der Waals surface area contributed by atoms with E-state index < -0.39 is 5.25 Å². The van der Waals surface area contributed by atoms with Crippen molar-refractivity contribution in [2.45, 2.75) is 18.6 Å². The van der Waals surface area contributed by atoms with Crippen LogP contribution in [0.3, 0.4) is 0 Å². The van der Waals surface area contributed by atoms with Gasteiger partial charge in [-0.05, 0) is 55.5 Å². The van der Waals surface area contributed by atoms with Crippen LogP contribution >= 0.6 is 23.4 Å². The molecule has 0 spiro atoms. The lowest BCUT2D eigenvalue weighted by atomic mass is 10.2. The molecule has 0 unspecified atom stereocenters. The molecule has 2 amide bonds. The van der Waals surface area contributed by atoms with Crippen LogP contribution in [0, 0.1) is 5.82 Å². The van der Waals surface area contributed by atoms with E-state index in [9.17, 15) is 14.0 Å². The molecule has 0 bridgehead atoms. The van der Waals surface area contributed by atoms with E-state index in [1.54, 1.807) is 36.4 Å². The fraction of sp³-hybridized carbons (Fsp3) is 0.211. The quantitative estimate of drug-likeness (QED) is 0.798. The van der Waals surface area contributed by atoms with E-state index in [0.29, 0.717) is 28.1 Å². The summed E-state index contributed by atoms with van der Waals surface area (Å²) in [5.74, 6) is -0.768. The molecule has 2 aromatic carbocycles. The van der Waals surface area contributed by atoms with Crippen LogP contribution in [0.2, 0.25) is 5.02 Å². The number of halogens is 2. The number of anilines is 1. The number of nitrogens with one attached hydrogen (secondary N) is 1. The Morgan fingerprint density at radius 1 is 1.22 bits per heavy atom. The number of carbonyl (C=O) groups is 2. The molecule has 8 heteroatoms. The van der Waals surface area contributed by atoms with E-state index in [2.05, 4.69) is 10.3 Å². The number of carbonyl (C=O) groups excluding carboxylic acids is 2. The molecular weight excluding hydrogens is 389 g/mol. The highest BCUT2D eigenvalue weighted by Crippen LogP contribution is 2.31. The highest BCUT2D eigenvalue weighted by molar-refractivity contribution is 8.15. The van der Waals surface area contributed by atoms with E-state index in [1.807, 2.05) is 6.92 Å². The van der Waals surface area contributed by atoms with Gasteiger partial charge in [0.1, 0.15) is 11.1 Å². The average molecular weight is 406 g/mol. The molecule has 1 aliphatic rings. The van der Waals surface area contributed by atoms with Gasteiger partial charge >= 0.3 is 0 Å². The first-order valence-electron chi connectivity index (χ1n) is 8.34. The van der Waals surface area contributed by atoms with Gasteiger partial charge in [0, 0.05) is 23.7 Å². The Bertz CT molecular complexity index is 872. The van der Waals surface area contributed by atoms with Crippen molar-refractivity contribution in [3.05, 3.63) is 59.4 Å². The van der Waals surface area contributed by atoms with Crippen molar-refractivity contribution in [3.8, 4) is 0 Å². The molecule has 0 aromatic heterocycles. The van der Waals surface area contributed by atoms with Crippen molar-refractivity contribution in [1.82, 2.24) is 4.90 Å². The van der Waals surface area contributed by atoms with Crippen LogP contribution in [0.15, 0.2) is 53.5 Å². The van der Waals surface area contributed by atoms with Crippen LogP contribution in [-0.4, -0.2) is 33.7 Å². The molecule has 1 aliphatic heterocycles. The van der Waals surface area contributed by atoms with Crippen LogP contribution < -0.4 is 5.32 Å². The molecule has 1 saturated heterocycles. The minimum atomic E-state index is -0.545. The van der Waals surface area contributed by atoms with Gasteiger partial charge in [0.15, 0.2) is 5.17 Å². The lowest BCUT2D eigenvalue weighted by Gasteiger charge is -2.13. The first-order chi connectivity index (χ1) is 13.0. The molecule has 0 aliphatic carbocycles. The van der Waals surface area contributed by atoms with Gasteiger partial charge in [0.25, 0.3) is 0 Å². The molecule has 2 aromatic rings. The van der Waals surface area contributed by atoms with Crippen molar-refractivity contribution in [2.24, 2.45) is 4.99 Å². The lowest BCUT2D eigenvalue weighted by Crippen LogP contribution is -2.33. The molecule has 27 heavy (non-hydrogen) atoms. The Kier molecular flexibility index (Phi) is 6.13. The monoisotopic (exact) mass is 405 g/mol. The highest BCUT2D eigenvalue weighted by atomic mass is 35.5. The Hall–Kier alpha value is -2.38. The SMILES string of the molecule is CCN1C(=O)[C@@H](CC(=O)Nc2ccc(Cl)cc2)SC1=Nc1ccc(F)cc1. The minimum absolute atomic E-state index is 0.0328. The topological polar surface area (TPSA) is 61.8 Å². The van der Waals surface area contributed by atoms with Crippen LogP contribution in [0.5, 0.6) is 0 Å². The van der Waals surface area contributed by atoms with Crippen molar-refractivity contribution < 1.29 is 14.0 Å². The van der Waals surface area contributed by atoms with Gasteiger partial charge in [-0.1, -0.05) is 23.4 Å². The van der Waals surface area contributed by atoms with E-state index in [4.69, 9.17) is 11.6 Å². The van der Waals surface area contributed by atoms with Crippen molar-refractivity contribution >= 4 is 51.7 Å². The number of hydrogen-bond donors (Lipinski definition) is 1. The Morgan fingerprint density at radius 3 is 2.52 bits per heavy atom. The number of thioether (sulfide) groups is 1. The molecule has 0 radical (unpaired) electrons. The fourth-order valence-electron chi connectivity index (χ4n) is 2.56. The lowest BCUT2D eigenvalue weighted by molar-refractivity contribution is -0.128. The van der Waals surface area contributed by atoms with Crippen molar-refractivity contribution in [2.75, 3.05) is 11.9 Å². The standard InChI is InChI=1S/C19H17ClFN3O2S/c1-2-24-18(26)16(11-17(25)22-14-7-3-12(20)4-8-14)27-19(24)23-15-9-5-13(21)6-10-15/h3-10,16H,2,11H2,1H3,(H,22,25)/t16-/m1/s1. The summed E-state index contributed by atoms with van der Waals surface area (Å²) >= 11 is 7.07. The zero-order chi connectivity index (χ0) is 19.4. The molecular formula is C19H17ClFN3O2S. The van der Waals surface area contributed by atoms with E-state index >= 15 is 0 Å². The Morgan fingerprint density at radius 2 is 1.89 bits per heavy atom. The molecule has 0 saturated carbocycles. The number of benzene rings is 2. The van der Waals surface area contributed by atoms with Gasteiger partial charge in [-0.25, -0.2) is 9.38 Å². The summed E-state index contributed by atoms with van der Waals surface area (Å²) < 4.78 is 13.0. The maximum absolute atomic E-state index is 13.0. The van der Waals surface area contributed by atoms with Crippen LogP contribution in [0.4, 0.5) is 15.8 Å². The number of amides is 2. The van der Waals surface area contributed by atoms with Gasteiger partial charge < -0.3 is 5.32 Å². The fourth-order valence-corrected chi connectivity index (χ4v) is 3.90.